The summed E-state index contributed by atoms with van der Waals surface area (Å²) in [6.07, 6.45) is 0.906. The molecule has 31 heavy (non-hydrogen) atoms. The maximum Gasteiger partial charge on any atom is 0.305 e. The van der Waals surface area contributed by atoms with Crippen LogP contribution in [0.1, 0.15) is 17.5 Å². The summed E-state index contributed by atoms with van der Waals surface area (Å²) in [5.41, 5.74) is 0.867. The number of amides is 1. The van der Waals surface area contributed by atoms with E-state index < -0.39 is 22.0 Å². The number of carboxylic acid groups (broad SMARTS) is 1. The van der Waals surface area contributed by atoms with Crippen LogP contribution < -0.4 is 10.1 Å². The molecule has 10 nitrogen and oxygen atoms in total. The van der Waals surface area contributed by atoms with Crippen LogP contribution in [0, 0.1) is 10.1 Å². The van der Waals surface area contributed by atoms with Gasteiger partial charge in [0.1, 0.15) is 17.6 Å². The van der Waals surface area contributed by atoms with Crippen LogP contribution in [0.4, 0.5) is 5.69 Å². The highest BCUT2D eigenvalue weighted by Gasteiger charge is 2.32. The summed E-state index contributed by atoms with van der Waals surface area (Å²) in [5.74, 6) is -1.25. The highest BCUT2D eigenvalue weighted by Crippen LogP contribution is 2.26. The highest BCUT2D eigenvalue weighted by molar-refractivity contribution is 8.15. The van der Waals surface area contributed by atoms with Gasteiger partial charge in [-0.25, -0.2) is 0 Å². The molecule has 0 unspecified atom stereocenters. The third-order valence-electron chi connectivity index (χ3n) is 4.03. The number of carbonyl (C=O) groups excluding carboxylic acids is 1. The SMILES string of the molecule is O=C(O)C[C@@H]1S/C(=N\N=C/c2cc([N+](=O)[O-])ccc2OCc2ccccc2Cl)NC1=O. The number of carbonyl (C=O) groups is 2. The second-order valence-electron chi connectivity index (χ2n) is 6.20. The van der Waals surface area contributed by atoms with Gasteiger partial charge in [-0.2, -0.15) is 5.10 Å². The molecular weight excluding hydrogens is 448 g/mol. The molecule has 1 fully saturated rings. The minimum Gasteiger partial charge on any atom is -0.488 e. The molecule has 1 atom stereocenters. The molecule has 3 rings (SSSR count). The van der Waals surface area contributed by atoms with Gasteiger partial charge >= 0.3 is 5.97 Å². The van der Waals surface area contributed by atoms with Gasteiger partial charge in [0.15, 0.2) is 5.17 Å². The Morgan fingerprint density at radius 3 is 2.84 bits per heavy atom. The number of nitrogens with zero attached hydrogens (tertiary/aromatic N) is 3. The number of ether oxygens (including phenoxy) is 1. The number of halogens is 1. The minimum absolute atomic E-state index is 0.135. The van der Waals surface area contributed by atoms with Crippen LogP contribution in [0.15, 0.2) is 52.7 Å². The van der Waals surface area contributed by atoms with Crippen LogP contribution in [0.5, 0.6) is 5.75 Å². The van der Waals surface area contributed by atoms with Crippen molar-refractivity contribution >= 4 is 52.3 Å². The number of benzene rings is 2. The molecule has 0 radical (unpaired) electrons. The van der Waals surface area contributed by atoms with Crippen molar-refractivity contribution in [2.45, 2.75) is 18.3 Å². The predicted octanol–water partition coefficient (Wildman–Crippen LogP) is 3.22. The van der Waals surface area contributed by atoms with Gasteiger partial charge in [-0.1, -0.05) is 41.6 Å². The van der Waals surface area contributed by atoms with Crippen LogP contribution in [0.25, 0.3) is 0 Å². The van der Waals surface area contributed by atoms with Crippen LogP contribution in [0.3, 0.4) is 0 Å². The molecule has 1 aliphatic heterocycles. The fraction of sp³-hybridized carbons (Fsp3) is 0.158. The van der Waals surface area contributed by atoms with Gasteiger partial charge in [-0.05, 0) is 12.1 Å². The highest BCUT2D eigenvalue weighted by atomic mass is 35.5. The molecule has 0 aliphatic carbocycles. The van der Waals surface area contributed by atoms with Crippen LogP contribution in [-0.2, 0) is 16.2 Å². The molecule has 160 valence electrons. The zero-order valence-electron chi connectivity index (χ0n) is 15.7. The zero-order chi connectivity index (χ0) is 22.4. The lowest BCUT2D eigenvalue weighted by atomic mass is 10.2. The number of thioether (sulfide) groups is 1. The molecule has 1 heterocycles. The second-order valence-corrected chi connectivity index (χ2v) is 7.80. The summed E-state index contributed by atoms with van der Waals surface area (Å²) in [4.78, 5) is 33.1. The third-order valence-corrected chi connectivity index (χ3v) is 5.47. The average molecular weight is 463 g/mol. The Balaban J connectivity index is 1.77. The maximum absolute atomic E-state index is 11.7. The maximum atomic E-state index is 11.7. The van der Waals surface area contributed by atoms with Crippen LogP contribution in [-0.4, -0.2) is 38.5 Å². The van der Waals surface area contributed by atoms with E-state index in [0.717, 1.165) is 17.3 Å². The molecule has 0 bridgehead atoms. The Labute approximate surface area is 185 Å². The Bertz CT molecular complexity index is 1090. The fourth-order valence-electron chi connectivity index (χ4n) is 2.54. The lowest BCUT2D eigenvalue weighted by Gasteiger charge is -2.10. The Kier molecular flexibility index (Phi) is 7.21. The standard InChI is InChI=1S/C19H15ClN4O6S/c20-14-4-2-1-3-11(14)10-30-15-6-5-13(24(28)29)7-12(15)9-21-23-19-22-18(27)16(31-19)8-17(25)26/h1-7,9,16H,8,10H2,(H,25,26)(H,22,23,27)/b21-9-/t16-/m0/s1. The number of amidine groups is 1. The van der Waals surface area contributed by atoms with Crippen molar-refractivity contribution in [1.29, 1.82) is 0 Å². The molecule has 1 aliphatic rings. The zero-order valence-corrected chi connectivity index (χ0v) is 17.3. The first-order valence-electron chi connectivity index (χ1n) is 8.78. The van der Waals surface area contributed by atoms with E-state index in [-0.39, 0.29) is 23.9 Å². The molecule has 0 spiro atoms. The number of nitrogens with one attached hydrogen (secondary N) is 1. The molecule has 2 N–H and O–H groups in total. The van der Waals surface area contributed by atoms with Crippen molar-refractivity contribution in [3.63, 3.8) is 0 Å². The lowest BCUT2D eigenvalue weighted by molar-refractivity contribution is -0.384. The van der Waals surface area contributed by atoms with Crippen molar-refractivity contribution < 1.29 is 24.4 Å². The third kappa shape index (κ3) is 6.03. The van der Waals surface area contributed by atoms with Crippen LogP contribution in [0.2, 0.25) is 5.02 Å². The fourth-order valence-corrected chi connectivity index (χ4v) is 3.65. The molecule has 1 saturated heterocycles. The minimum atomic E-state index is -1.10. The van der Waals surface area contributed by atoms with Gasteiger partial charge < -0.3 is 15.2 Å². The van der Waals surface area contributed by atoms with Gasteiger partial charge in [0.2, 0.25) is 5.91 Å². The molecule has 12 heteroatoms. The molecular formula is C19H15ClN4O6S. The monoisotopic (exact) mass is 462 g/mol. The Morgan fingerprint density at radius 2 is 2.13 bits per heavy atom. The summed E-state index contributed by atoms with van der Waals surface area (Å²) >= 11 is 7.07. The normalized spacial score (nSPS) is 17.1. The van der Waals surface area contributed by atoms with E-state index in [0.29, 0.717) is 16.3 Å². The van der Waals surface area contributed by atoms with Crippen molar-refractivity contribution in [3.05, 3.63) is 68.7 Å². The first-order valence-corrected chi connectivity index (χ1v) is 10.0. The molecule has 2 aromatic rings. The van der Waals surface area contributed by atoms with Gasteiger partial charge in [-0.15, -0.1) is 5.10 Å². The van der Waals surface area contributed by atoms with Crippen molar-refractivity contribution in [1.82, 2.24) is 5.32 Å². The first-order chi connectivity index (χ1) is 14.8. The summed E-state index contributed by atoms with van der Waals surface area (Å²) in [5, 5.41) is 29.9. The summed E-state index contributed by atoms with van der Waals surface area (Å²) in [6.45, 7) is 0.135. The van der Waals surface area contributed by atoms with Crippen molar-refractivity contribution in [2.75, 3.05) is 0 Å². The number of aliphatic carboxylic acids is 1. The van der Waals surface area contributed by atoms with Crippen LogP contribution >= 0.6 is 23.4 Å². The summed E-state index contributed by atoms with van der Waals surface area (Å²) in [7, 11) is 0. The molecule has 1 amide bonds. The number of hydrogen-bond donors (Lipinski definition) is 2. The van der Waals surface area contributed by atoms with E-state index in [1.54, 1.807) is 18.2 Å². The quantitative estimate of drug-likeness (QED) is 0.348. The van der Waals surface area contributed by atoms with E-state index in [1.165, 1.54) is 24.4 Å². The van der Waals surface area contributed by atoms with E-state index in [1.807, 2.05) is 6.07 Å². The van der Waals surface area contributed by atoms with Crippen molar-refractivity contribution in [3.8, 4) is 5.75 Å². The van der Waals surface area contributed by atoms with E-state index in [4.69, 9.17) is 21.4 Å². The van der Waals surface area contributed by atoms with E-state index >= 15 is 0 Å². The van der Waals surface area contributed by atoms with Gasteiger partial charge in [0.05, 0.1) is 17.6 Å². The van der Waals surface area contributed by atoms with Crippen molar-refractivity contribution in [2.24, 2.45) is 10.2 Å². The van der Waals surface area contributed by atoms with Gasteiger partial charge in [-0.3, -0.25) is 19.7 Å². The number of non-ortho nitro benzene ring substituents is 1. The number of rotatable bonds is 8. The van der Waals surface area contributed by atoms with E-state index in [2.05, 4.69) is 15.5 Å². The van der Waals surface area contributed by atoms with Gasteiger partial charge in [0, 0.05) is 28.3 Å². The number of carboxylic acids is 1. The first kappa shape index (κ1) is 22.2. The topological polar surface area (TPSA) is 143 Å². The molecule has 0 aromatic heterocycles. The lowest BCUT2D eigenvalue weighted by Crippen LogP contribution is -2.26. The number of nitro groups is 1. The largest absolute Gasteiger partial charge is 0.488 e. The Morgan fingerprint density at radius 1 is 1.35 bits per heavy atom. The smallest absolute Gasteiger partial charge is 0.305 e. The molecule has 0 saturated carbocycles. The van der Waals surface area contributed by atoms with E-state index in [9.17, 15) is 19.7 Å². The average Bonchev–Trinajstić information content (AvgIpc) is 3.06. The summed E-state index contributed by atoms with van der Waals surface area (Å²) < 4.78 is 5.75. The Hall–Kier alpha value is -3.44. The molecule has 2 aromatic carbocycles. The predicted molar refractivity (Wildman–Crippen MR) is 116 cm³/mol. The van der Waals surface area contributed by atoms with Gasteiger partial charge in [0.25, 0.3) is 5.69 Å². The number of hydrogen-bond acceptors (Lipinski definition) is 8. The second kappa shape index (κ2) is 10.0. The summed E-state index contributed by atoms with van der Waals surface area (Å²) in [6, 6.07) is 11.1. The number of nitro benzene ring substituents is 1.